The fourth-order valence-corrected chi connectivity index (χ4v) is 6.35. The molecule has 1 atom stereocenters. The first-order valence-corrected chi connectivity index (χ1v) is 12.7. The van der Waals surface area contributed by atoms with E-state index in [-0.39, 0.29) is 0 Å². The quantitative estimate of drug-likeness (QED) is 0.268. The van der Waals surface area contributed by atoms with Gasteiger partial charge in [-0.25, -0.2) is 0 Å². The zero-order chi connectivity index (χ0) is 22.3. The molecule has 174 valence electrons. The van der Waals surface area contributed by atoms with E-state index < -0.39 is 11.7 Å². The number of hydrogen-bond donors (Lipinski definition) is 0. The van der Waals surface area contributed by atoms with Crippen LogP contribution in [0.1, 0.15) is 107 Å². The van der Waals surface area contributed by atoms with Crippen LogP contribution in [-0.4, -0.2) is 0 Å². The average Bonchev–Trinajstić information content (AvgIpc) is 2.78. The Morgan fingerprint density at radius 1 is 0.903 bits per heavy atom. The van der Waals surface area contributed by atoms with Gasteiger partial charge in [-0.15, -0.1) is 6.58 Å². The maximum absolute atomic E-state index is 12.9. The molecule has 0 radical (unpaired) electrons. The molecule has 0 heterocycles. The standard InChI is InChI=1S/C28H41F3/c1-3-5-6-8-21-9-11-22(12-10-21)23-13-15-24(16-14-23)27(7-4-2)25-17-19-26(20-18-25)28(29,30)31/h4,17-24,27H,2-3,5-16H2,1H3/t21-,22-,23?,24?,27?. The van der Waals surface area contributed by atoms with Crippen molar-refractivity contribution in [2.45, 2.75) is 102 Å². The molecule has 1 aromatic rings. The first kappa shape index (κ1) is 24.4. The van der Waals surface area contributed by atoms with Crippen LogP contribution in [0.2, 0.25) is 0 Å². The molecule has 2 saturated carbocycles. The second kappa shape index (κ2) is 11.6. The van der Waals surface area contributed by atoms with Gasteiger partial charge in [0.15, 0.2) is 0 Å². The predicted octanol–water partition coefficient (Wildman–Crippen LogP) is 9.56. The predicted molar refractivity (Wildman–Crippen MR) is 124 cm³/mol. The van der Waals surface area contributed by atoms with Crippen LogP contribution < -0.4 is 0 Å². The van der Waals surface area contributed by atoms with Crippen molar-refractivity contribution in [3.63, 3.8) is 0 Å². The molecule has 2 fully saturated rings. The van der Waals surface area contributed by atoms with E-state index in [9.17, 15) is 13.2 Å². The summed E-state index contributed by atoms with van der Waals surface area (Å²) in [5.41, 5.74) is 0.492. The lowest BCUT2D eigenvalue weighted by Crippen LogP contribution is -2.27. The Hall–Kier alpha value is -1.25. The second-order valence-corrected chi connectivity index (χ2v) is 10.2. The van der Waals surface area contributed by atoms with E-state index in [1.807, 2.05) is 6.08 Å². The molecular formula is C28H41F3. The highest BCUT2D eigenvalue weighted by molar-refractivity contribution is 5.28. The van der Waals surface area contributed by atoms with Crippen molar-refractivity contribution >= 4 is 0 Å². The van der Waals surface area contributed by atoms with E-state index in [0.717, 1.165) is 29.7 Å². The van der Waals surface area contributed by atoms with Gasteiger partial charge in [0.05, 0.1) is 5.56 Å². The summed E-state index contributed by atoms with van der Waals surface area (Å²) >= 11 is 0. The molecular weight excluding hydrogens is 393 g/mol. The van der Waals surface area contributed by atoms with E-state index in [2.05, 4.69) is 13.5 Å². The molecule has 2 aliphatic rings. The van der Waals surface area contributed by atoms with Crippen LogP contribution in [0, 0.1) is 23.7 Å². The number of allylic oxidation sites excluding steroid dienone is 1. The second-order valence-electron chi connectivity index (χ2n) is 10.2. The van der Waals surface area contributed by atoms with Crippen molar-refractivity contribution in [2.75, 3.05) is 0 Å². The van der Waals surface area contributed by atoms with Gasteiger partial charge in [-0.3, -0.25) is 0 Å². The van der Waals surface area contributed by atoms with Crippen LogP contribution >= 0.6 is 0 Å². The summed E-state index contributed by atoms with van der Waals surface area (Å²) in [6.45, 7) is 6.20. The summed E-state index contributed by atoms with van der Waals surface area (Å²) in [7, 11) is 0. The van der Waals surface area contributed by atoms with Gasteiger partial charge in [0.2, 0.25) is 0 Å². The Morgan fingerprint density at radius 2 is 1.48 bits per heavy atom. The van der Waals surface area contributed by atoms with Crippen molar-refractivity contribution in [1.82, 2.24) is 0 Å². The summed E-state index contributed by atoms with van der Waals surface area (Å²) in [6.07, 6.45) is 14.8. The average molecular weight is 435 g/mol. The Labute approximate surface area is 187 Å². The minimum Gasteiger partial charge on any atom is -0.166 e. The van der Waals surface area contributed by atoms with Crippen LogP contribution in [0.25, 0.3) is 0 Å². The van der Waals surface area contributed by atoms with Gasteiger partial charge in [0, 0.05) is 0 Å². The largest absolute Gasteiger partial charge is 0.416 e. The minimum atomic E-state index is -4.26. The highest BCUT2D eigenvalue weighted by Gasteiger charge is 2.34. The number of alkyl halides is 3. The SMILES string of the molecule is C=CCC(c1ccc(C(F)(F)F)cc1)C1CCC([C@H]2CC[C@H](CCCCC)CC2)CC1. The first-order valence-electron chi connectivity index (χ1n) is 12.7. The van der Waals surface area contributed by atoms with Crippen LogP contribution in [0.15, 0.2) is 36.9 Å². The summed E-state index contributed by atoms with van der Waals surface area (Å²) in [5.74, 6) is 3.61. The molecule has 0 nitrogen and oxygen atoms in total. The lowest BCUT2D eigenvalue weighted by molar-refractivity contribution is -0.137. The summed E-state index contributed by atoms with van der Waals surface area (Å²) < 4.78 is 38.8. The maximum Gasteiger partial charge on any atom is 0.416 e. The Balaban J connectivity index is 1.51. The number of hydrogen-bond acceptors (Lipinski definition) is 0. The topological polar surface area (TPSA) is 0 Å². The van der Waals surface area contributed by atoms with Gasteiger partial charge in [-0.05, 0) is 92.2 Å². The van der Waals surface area contributed by atoms with Gasteiger partial charge in [0.25, 0.3) is 0 Å². The number of halogens is 3. The Bertz CT molecular complexity index is 644. The molecule has 0 bridgehead atoms. The van der Waals surface area contributed by atoms with Gasteiger partial charge in [-0.1, -0.05) is 63.7 Å². The normalized spacial score (nSPS) is 28.3. The van der Waals surface area contributed by atoms with Gasteiger partial charge in [-0.2, -0.15) is 13.2 Å². The maximum atomic E-state index is 12.9. The molecule has 0 N–H and O–H groups in total. The van der Waals surface area contributed by atoms with Crippen LogP contribution in [0.5, 0.6) is 0 Å². The third-order valence-electron chi connectivity index (χ3n) is 8.25. The van der Waals surface area contributed by atoms with Crippen molar-refractivity contribution in [3.8, 4) is 0 Å². The van der Waals surface area contributed by atoms with E-state index >= 15 is 0 Å². The zero-order valence-electron chi connectivity index (χ0n) is 19.3. The van der Waals surface area contributed by atoms with Crippen molar-refractivity contribution in [2.24, 2.45) is 23.7 Å². The van der Waals surface area contributed by atoms with Crippen molar-refractivity contribution in [3.05, 3.63) is 48.0 Å². The first-order chi connectivity index (χ1) is 14.9. The van der Waals surface area contributed by atoms with Crippen molar-refractivity contribution in [1.29, 1.82) is 0 Å². The van der Waals surface area contributed by atoms with Gasteiger partial charge < -0.3 is 0 Å². The van der Waals surface area contributed by atoms with Gasteiger partial charge in [0.1, 0.15) is 0 Å². The molecule has 0 amide bonds. The van der Waals surface area contributed by atoms with Crippen LogP contribution in [0.4, 0.5) is 13.2 Å². The Morgan fingerprint density at radius 3 is 2.00 bits per heavy atom. The fraction of sp³-hybridized carbons (Fsp3) is 0.714. The minimum absolute atomic E-state index is 0.301. The van der Waals surface area contributed by atoms with Crippen LogP contribution in [-0.2, 0) is 6.18 Å². The molecule has 3 rings (SSSR count). The highest BCUT2D eigenvalue weighted by atomic mass is 19.4. The monoisotopic (exact) mass is 434 g/mol. The molecule has 3 heteroatoms. The highest BCUT2D eigenvalue weighted by Crippen LogP contribution is 2.46. The molecule has 31 heavy (non-hydrogen) atoms. The fourth-order valence-electron chi connectivity index (χ4n) is 6.35. The number of unbranched alkanes of at least 4 members (excludes halogenated alkanes) is 2. The number of benzene rings is 1. The summed E-state index contributed by atoms with van der Waals surface area (Å²) in [6, 6.07) is 5.89. The molecule has 1 unspecified atom stereocenters. The van der Waals surface area contributed by atoms with E-state index in [1.54, 1.807) is 12.1 Å². The lowest BCUT2D eigenvalue weighted by atomic mass is 9.66. The summed E-state index contributed by atoms with van der Waals surface area (Å²) in [4.78, 5) is 0. The third kappa shape index (κ3) is 6.86. The number of rotatable bonds is 9. The Kier molecular flexibility index (Phi) is 9.10. The van der Waals surface area contributed by atoms with E-state index in [4.69, 9.17) is 0 Å². The molecule has 0 saturated heterocycles. The van der Waals surface area contributed by atoms with E-state index in [1.165, 1.54) is 89.2 Å². The third-order valence-corrected chi connectivity index (χ3v) is 8.25. The summed E-state index contributed by atoms with van der Waals surface area (Å²) in [5, 5.41) is 0. The molecule has 0 spiro atoms. The molecule has 1 aromatic carbocycles. The van der Waals surface area contributed by atoms with Gasteiger partial charge >= 0.3 is 6.18 Å². The lowest BCUT2D eigenvalue weighted by Gasteiger charge is -2.40. The smallest absolute Gasteiger partial charge is 0.166 e. The van der Waals surface area contributed by atoms with E-state index in [0.29, 0.717) is 11.8 Å². The molecule has 0 aromatic heterocycles. The molecule has 2 aliphatic carbocycles. The van der Waals surface area contributed by atoms with Crippen molar-refractivity contribution < 1.29 is 13.2 Å². The van der Waals surface area contributed by atoms with Crippen LogP contribution in [0.3, 0.4) is 0 Å². The molecule has 0 aliphatic heterocycles. The zero-order valence-corrected chi connectivity index (χ0v) is 19.3.